The Morgan fingerprint density at radius 3 is 2.96 bits per heavy atom. The highest BCUT2D eigenvalue weighted by atomic mass is 16.2. The molecule has 0 saturated heterocycles. The van der Waals surface area contributed by atoms with E-state index in [1.807, 2.05) is 32.3 Å². The van der Waals surface area contributed by atoms with Crippen LogP contribution < -0.4 is 10.2 Å². The second kappa shape index (κ2) is 7.40. The molecule has 1 aromatic carbocycles. The zero-order valence-electron chi connectivity index (χ0n) is 14.2. The van der Waals surface area contributed by atoms with Gasteiger partial charge in [0.1, 0.15) is 5.69 Å². The third-order valence-corrected chi connectivity index (χ3v) is 4.07. The lowest BCUT2D eigenvalue weighted by Crippen LogP contribution is -2.30. The third kappa shape index (κ3) is 3.71. The number of rotatable bonds is 6. The molecule has 0 saturated carbocycles. The van der Waals surface area contributed by atoms with Gasteiger partial charge in [-0.3, -0.25) is 4.79 Å². The predicted molar refractivity (Wildman–Crippen MR) is 95.5 cm³/mol. The fraction of sp³-hybridized carbons (Fsp3) is 0.389. The number of nitrogens with zero attached hydrogens (tertiary/aromatic N) is 4. The average Bonchev–Trinajstić information content (AvgIpc) is 3.02. The Kier molecular flexibility index (Phi) is 5.05. The number of benzene rings is 1. The topological polar surface area (TPSA) is 61.4 Å². The van der Waals surface area contributed by atoms with Crippen LogP contribution in [0, 0.1) is 0 Å². The zero-order valence-corrected chi connectivity index (χ0v) is 14.2. The molecule has 6 heteroatoms. The van der Waals surface area contributed by atoms with E-state index in [1.54, 1.807) is 17.2 Å². The summed E-state index contributed by atoms with van der Waals surface area (Å²) in [6.07, 6.45) is 3.52. The average molecular weight is 325 g/mol. The summed E-state index contributed by atoms with van der Waals surface area (Å²) in [6, 6.07) is 9.70. The summed E-state index contributed by atoms with van der Waals surface area (Å²) in [7, 11) is 4.09. The summed E-state index contributed by atoms with van der Waals surface area (Å²) in [6.45, 7) is 2.48. The first-order valence-corrected chi connectivity index (χ1v) is 8.26. The lowest BCUT2D eigenvalue weighted by atomic mass is 10.2. The fourth-order valence-corrected chi connectivity index (χ4v) is 2.85. The molecule has 0 radical (unpaired) electrons. The van der Waals surface area contributed by atoms with E-state index < -0.39 is 0 Å². The van der Waals surface area contributed by atoms with Gasteiger partial charge in [-0.25, -0.2) is 9.97 Å². The van der Waals surface area contributed by atoms with Crippen LogP contribution in [-0.2, 0) is 6.42 Å². The number of aromatic nitrogens is 2. The molecule has 1 aliphatic heterocycles. The molecule has 1 aliphatic rings. The molecule has 2 heterocycles. The number of carbonyl (C=O) groups excluding carboxylic acids is 1. The number of hydrogen-bond acceptors (Lipinski definition) is 5. The van der Waals surface area contributed by atoms with Gasteiger partial charge in [0.15, 0.2) is 0 Å². The molecule has 1 amide bonds. The van der Waals surface area contributed by atoms with Crippen molar-refractivity contribution >= 4 is 17.5 Å². The molecule has 1 aromatic heterocycles. The van der Waals surface area contributed by atoms with Crippen LogP contribution in [0.1, 0.15) is 22.5 Å². The lowest BCUT2D eigenvalue weighted by Gasteiger charge is -2.17. The Morgan fingerprint density at radius 2 is 2.12 bits per heavy atom. The van der Waals surface area contributed by atoms with Gasteiger partial charge in [0, 0.05) is 25.0 Å². The van der Waals surface area contributed by atoms with Crippen molar-refractivity contribution in [2.24, 2.45) is 0 Å². The highest BCUT2D eigenvalue weighted by Gasteiger charge is 2.26. The second-order valence-electron chi connectivity index (χ2n) is 6.18. The van der Waals surface area contributed by atoms with E-state index in [4.69, 9.17) is 0 Å². The minimum absolute atomic E-state index is 0.0707. The largest absolute Gasteiger partial charge is 0.354 e. The van der Waals surface area contributed by atoms with Gasteiger partial charge in [-0.15, -0.1) is 0 Å². The first-order valence-electron chi connectivity index (χ1n) is 8.26. The molecule has 0 bridgehead atoms. The summed E-state index contributed by atoms with van der Waals surface area (Å²) in [5.74, 6) is 0.436. The summed E-state index contributed by atoms with van der Waals surface area (Å²) >= 11 is 0. The number of nitrogens with one attached hydrogen (secondary N) is 1. The Bertz CT molecular complexity index is 716. The number of fused-ring (bicyclic) bond motifs is 1. The molecule has 24 heavy (non-hydrogen) atoms. The van der Waals surface area contributed by atoms with Crippen LogP contribution in [0.2, 0.25) is 0 Å². The second-order valence-corrected chi connectivity index (χ2v) is 6.18. The highest BCUT2D eigenvalue weighted by Crippen LogP contribution is 2.28. The Morgan fingerprint density at radius 1 is 1.29 bits per heavy atom. The minimum Gasteiger partial charge on any atom is -0.354 e. The van der Waals surface area contributed by atoms with Crippen molar-refractivity contribution in [1.82, 2.24) is 14.9 Å². The quantitative estimate of drug-likeness (QED) is 0.824. The Labute approximate surface area is 142 Å². The van der Waals surface area contributed by atoms with Crippen LogP contribution in [0.4, 0.5) is 11.6 Å². The Balaban J connectivity index is 1.67. The number of amides is 1. The normalized spacial score (nSPS) is 13.2. The molecule has 0 spiro atoms. The molecular formula is C18H23N5O. The van der Waals surface area contributed by atoms with Crippen molar-refractivity contribution in [2.75, 3.05) is 43.9 Å². The van der Waals surface area contributed by atoms with Crippen molar-refractivity contribution in [3.8, 4) is 0 Å². The van der Waals surface area contributed by atoms with Crippen LogP contribution in [-0.4, -0.2) is 54.5 Å². The molecule has 0 aliphatic carbocycles. The SMILES string of the molecule is CN(C)CCCNc1nccc(C(=O)N2CCc3ccccc32)n1. The van der Waals surface area contributed by atoms with Gasteiger partial charge in [-0.05, 0) is 51.2 Å². The molecule has 3 rings (SSSR count). The molecule has 0 unspecified atom stereocenters. The maximum atomic E-state index is 12.8. The molecule has 0 fully saturated rings. The van der Waals surface area contributed by atoms with Crippen molar-refractivity contribution < 1.29 is 4.79 Å². The van der Waals surface area contributed by atoms with Gasteiger partial charge >= 0.3 is 0 Å². The minimum atomic E-state index is -0.0707. The maximum Gasteiger partial charge on any atom is 0.277 e. The van der Waals surface area contributed by atoms with Crippen LogP contribution in [0.5, 0.6) is 0 Å². The fourth-order valence-electron chi connectivity index (χ4n) is 2.85. The molecule has 6 nitrogen and oxygen atoms in total. The van der Waals surface area contributed by atoms with Crippen LogP contribution in [0.3, 0.4) is 0 Å². The van der Waals surface area contributed by atoms with Crippen molar-refractivity contribution in [1.29, 1.82) is 0 Å². The summed E-state index contributed by atoms with van der Waals surface area (Å²) in [4.78, 5) is 25.3. The molecule has 2 aromatic rings. The monoisotopic (exact) mass is 325 g/mol. The third-order valence-electron chi connectivity index (χ3n) is 4.07. The van der Waals surface area contributed by atoms with E-state index in [-0.39, 0.29) is 5.91 Å². The van der Waals surface area contributed by atoms with E-state index in [1.165, 1.54) is 5.56 Å². The first-order chi connectivity index (χ1) is 11.6. The zero-order chi connectivity index (χ0) is 16.9. The van der Waals surface area contributed by atoms with Gasteiger partial charge < -0.3 is 15.1 Å². The van der Waals surface area contributed by atoms with Crippen LogP contribution >= 0.6 is 0 Å². The van der Waals surface area contributed by atoms with Gasteiger partial charge in [0.25, 0.3) is 5.91 Å². The number of anilines is 2. The van der Waals surface area contributed by atoms with Crippen molar-refractivity contribution in [3.05, 3.63) is 47.8 Å². The predicted octanol–water partition coefficient (Wildman–Crippen LogP) is 2.04. The molecule has 126 valence electrons. The molecule has 1 N–H and O–H groups in total. The smallest absolute Gasteiger partial charge is 0.277 e. The van der Waals surface area contributed by atoms with Crippen LogP contribution in [0.25, 0.3) is 0 Å². The van der Waals surface area contributed by atoms with Crippen molar-refractivity contribution in [2.45, 2.75) is 12.8 Å². The number of para-hydroxylation sites is 1. The van der Waals surface area contributed by atoms with E-state index in [0.29, 0.717) is 18.2 Å². The van der Waals surface area contributed by atoms with Gasteiger partial charge in [0.05, 0.1) is 0 Å². The standard InChI is InChI=1S/C18H23N5O/c1-22(2)12-5-10-19-18-20-11-8-15(21-18)17(24)23-13-9-14-6-3-4-7-16(14)23/h3-4,6-8,11H,5,9-10,12-13H2,1-2H3,(H,19,20,21). The molecule has 0 atom stereocenters. The van der Waals surface area contributed by atoms with E-state index in [9.17, 15) is 4.79 Å². The molecular weight excluding hydrogens is 302 g/mol. The van der Waals surface area contributed by atoms with Gasteiger partial charge in [-0.2, -0.15) is 0 Å². The number of carbonyl (C=O) groups is 1. The summed E-state index contributed by atoms with van der Waals surface area (Å²) in [5.41, 5.74) is 2.63. The first kappa shape index (κ1) is 16.4. The summed E-state index contributed by atoms with van der Waals surface area (Å²) in [5, 5.41) is 3.19. The summed E-state index contributed by atoms with van der Waals surface area (Å²) < 4.78 is 0. The van der Waals surface area contributed by atoms with E-state index >= 15 is 0 Å². The van der Waals surface area contributed by atoms with Gasteiger partial charge in [-0.1, -0.05) is 18.2 Å². The van der Waals surface area contributed by atoms with Crippen molar-refractivity contribution in [3.63, 3.8) is 0 Å². The Hall–Kier alpha value is -2.47. The van der Waals surface area contributed by atoms with E-state index in [0.717, 1.165) is 31.6 Å². The van der Waals surface area contributed by atoms with Gasteiger partial charge in [0.2, 0.25) is 5.95 Å². The van der Waals surface area contributed by atoms with E-state index in [2.05, 4.69) is 26.3 Å². The number of hydrogen-bond donors (Lipinski definition) is 1. The lowest BCUT2D eigenvalue weighted by molar-refractivity contribution is 0.0984. The van der Waals surface area contributed by atoms with Crippen LogP contribution in [0.15, 0.2) is 36.5 Å². The highest BCUT2D eigenvalue weighted by molar-refractivity contribution is 6.06. The maximum absolute atomic E-state index is 12.8.